The van der Waals surface area contributed by atoms with Crippen LogP contribution in [0.1, 0.15) is 10.4 Å². The molecule has 0 aromatic heterocycles. The first-order valence-corrected chi connectivity index (χ1v) is 5.97. The van der Waals surface area contributed by atoms with Crippen molar-refractivity contribution >= 4 is 35.8 Å². The number of rotatable bonds is 3. The molecule has 2 aromatic carbocycles. The molecule has 2 rings (SSSR count). The van der Waals surface area contributed by atoms with Crippen LogP contribution in [0.3, 0.4) is 0 Å². The van der Waals surface area contributed by atoms with E-state index in [4.69, 9.17) is 21.6 Å². The van der Waals surface area contributed by atoms with Gasteiger partial charge in [0.2, 0.25) is 0 Å². The molecular formula is C13H11BClNO3. The van der Waals surface area contributed by atoms with Crippen molar-refractivity contribution in [3.8, 4) is 0 Å². The summed E-state index contributed by atoms with van der Waals surface area (Å²) in [6.45, 7) is 0. The second-order valence-corrected chi connectivity index (χ2v) is 4.40. The van der Waals surface area contributed by atoms with Crippen LogP contribution in [0.4, 0.5) is 5.69 Å². The molecule has 6 heteroatoms. The van der Waals surface area contributed by atoms with Gasteiger partial charge in [-0.1, -0.05) is 23.7 Å². The molecule has 96 valence electrons. The van der Waals surface area contributed by atoms with E-state index in [2.05, 4.69) is 5.32 Å². The van der Waals surface area contributed by atoms with Gasteiger partial charge < -0.3 is 15.4 Å². The zero-order chi connectivity index (χ0) is 13.8. The maximum absolute atomic E-state index is 12.0. The van der Waals surface area contributed by atoms with Crippen LogP contribution in [0, 0.1) is 0 Å². The van der Waals surface area contributed by atoms with Gasteiger partial charge in [0.15, 0.2) is 0 Å². The highest BCUT2D eigenvalue weighted by Crippen LogP contribution is 2.14. The molecular weight excluding hydrogens is 264 g/mol. The topological polar surface area (TPSA) is 69.6 Å². The highest BCUT2D eigenvalue weighted by molar-refractivity contribution is 6.58. The van der Waals surface area contributed by atoms with E-state index in [1.165, 1.54) is 12.1 Å². The predicted octanol–water partition coefficient (Wildman–Crippen LogP) is 1.27. The molecule has 0 aliphatic carbocycles. The Kier molecular flexibility index (Phi) is 4.22. The van der Waals surface area contributed by atoms with Crippen molar-refractivity contribution in [2.24, 2.45) is 0 Å². The molecule has 0 unspecified atom stereocenters. The van der Waals surface area contributed by atoms with Crippen molar-refractivity contribution in [2.75, 3.05) is 5.32 Å². The van der Waals surface area contributed by atoms with E-state index in [0.29, 0.717) is 16.3 Å². The number of benzene rings is 2. The second-order valence-electron chi connectivity index (χ2n) is 3.96. The average molecular weight is 276 g/mol. The van der Waals surface area contributed by atoms with Crippen LogP contribution in [0.2, 0.25) is 5.02 Å². The van der Waals surface area contributed by atoms with Crippen LogP contribution in [0.15, 0.2) is 48.5 Å². The summed E-state index contributed by atoms with van der Waals surface area (Å²) in [4.78, 5) is 12.0. The lowest BCUT2D eigenvalue weighted by Crippen LogP contribution is -2.30. The molecule has 3 N–H and O–H groups in total. The summed E-state index contributed by atoms with van der Waals surface area (Å²) >= 11 is 5.75. The van der Waals surface area contributed by atoms with Crippen LogP contribution < -0.4 is 10.8 Å². The minimum atomic E-state index is -1.59. The van der Waals surface area contributed by atoms with Gasteiger partial charge >= 0.3 is 7.12 Å². The number of anilines is 1. The Labute approximate surface area is 115 Å². The van der Waals surface area contributed by atoms with Gasteiger partial charge in [-0.3, -0.25) is 4.79 Å². The molecule has 0 radical (unpaired) electrons. The standard InChI is InChI=1S/C13H11BClNO3/c15-11-4-6-12(7-5-11)16-13(17)9-2-1-3-10(8-9)14(18)19/h1-8,18-19H,(H,16,17). The van der Waals surface area contributed by atoms with Gasteiger partial charge in [-0.15, -0.1) is 0 Å². The molecule has 0 spiro atoms. The number of halogens is 1. The first kappa shape index (κ1) is 13.6. The van der Waals surface area contributed by atoms with Gasteiger partial charge in [0.25, 0.3) is 5.91 Å². The molecule has 4 nitrogen and oxygen atoms in total. The molecule has 0 aliphatic heterocycles. The van der Waals surface area contributed by atoms with E-state index >= 15 is 0 Å². The summed E-state index contributed by atoms with van der Waals surface area (Å²) < 4.78 is 0. The third kappa shape index (κ3) is 3.57. The zero-order valence-electron chi connectivity index (χ0n) is 9.88. The summed E-state index contributed by atoms with van der Waals surface area (Å²) in [5, 5.41) is 21.4. The number of carbonyl (C=O) groups is 1. The van der Waals surface area contributed by atoms with Crippen molar-refractivity contribution in [3.05, 3.63) is 59.1 Å². The Hall–Kier alpha value is -1.82. The predicted molar refractivity (Wildman–Crippen MR) is 75.7 cm³/mol. The molecule has 0 saturated carbocycles. The van der Waals surface area contributed by atoms with E-state index in [9.17, 15) is 4.79 Å². The quantitative estimate of drug-likeness (QED) is 0.739. The summed E-state index contributed by atoms with van der Waals surface area (Å²) in [7, 11) is -1.59. The van der Waals surface area contributed by atoms with E-state index in [1.807, 2.05) is 0 Å². The maximum Gasteiger partial charge on any atom is 0.488 e. The van der Waals surface area contributed by atoms with Crippen molar-refractivity contribution < 1.29 is 14.8 Å². The SMILES string of the molecule is O=C(Nc1ccc(Cl)cc1)c1cccc(B(O)O)c1. The third-order valence-electron chi connectivity index (χ3n) is 2.55. The lowest BCUT2D eigenvalue weighted by Gasteiger charge is -2.07. The first-order chi connectivity index (χ1) is 9.06. The highest BCUT2D eigenvalue weighted by atomic mass is 35.5. The Bertz CT molecular complexity index is 587. The van der Waals surface area contributed by atoms with Gasteiger partial charge in [-0.05, 0) is 41.9 Å². The highest BCUT2D eigenvalue weighted by Gasteiger charge is 2.13. The molecule has 0 saturated heterocycles. The van der Waals surface area contributed by atoms with Crippen LogP contribution in [0.25, 0.3) is 0 Å². The Morgan fingerprint density at radius 3 is 2.42 bits per heavy atom. The number of nitrogens with one attached hydrogen (secondary N) is 1. The summed E-state index contributed by atoms with van der Waals surface area (Å²) in [6.07, 6.45) is 0. The normalized spacial score (nSPS) is 10.1. The molecule has 0 fully saturated rings. The Morgan fingerprint density at radius 1 is 1.11 bits per heavy atom. The van der Waals surface area contributed by atoms with E-state index in [0.717, 1.165) is 0 Å². The van der Waals surface area contributed by atoms with Crippen LogP contribution in [0.5, 0.6) is 0 Å². The van der Waals surface area contributed by atoms with Crippen molar-refractivity contribution in [1.29, 1.82) is 0 Å². The zero-order valence-corrected chi connectivity index (χ0v) is 10.6. The number of amides is 1. The van der Waals surface area contributed by atoms with Crippen molar-refractivity contribution in [2.45, 2.75) is 0 Å². The number of hydrogen-bond donors (Lipinski definition) is 3. The summed E-state index contributed by atoms with van der Waals surface area (Å²) in [5.41, 5.74) is 1.23. The minimum absolute atomic E-state index is 0.267. The number of carbonyl (C=O) groups excluding carboxylic acids is 1. The largest absolute Gasteiger partial charge is 0.488 e. The van der Waals surface area contributed by atoms with Crippen LogP contribution in [-0.4, -0.2) is 23.1 Å². The first-order valence-electron chi connectivity index (χ1n) is 5.59. The van der Waals surface area contributed by atoms with E-state index in [1.54, 1.807) is 36.4 Å². The molecule has 0 atom stereocenters. The Morgan fingerprint density at radius 2 is 1.79 bits per heavy atom. The lowest BCUT2D eigenvalue weighted by atomic mass is 9.79. The smallest absolute Gasteiger partial charge is 0.423 e. The molecule has 1 amide bonds. The fourth-order valence-corrected chi connectivity index (χ4v) is 1.70. The maximum atomic E-state index is 12.0. The van der Waals surface area contributed by atoms with Crippen molar-refractivity contribution in [3.63, 3.8) is 0 Å². The molecule has 0 aliphatic rings. The summed E-state index contributed by atoms with van der Waals surface area (Å²) in [6, 6.07) is 12.9. The van der Waals surface area contributed by atoms with Gasteiger partial charge in [0, 0.05) is 16.3 Å². The van der Waals surface area contributed by atoms with Crippen LogP contribution >= 0.6 is 11.6 Å². The lowest BCUT2D eigenvalue weighted by molar-refractivity contribution is 0.102. The molecule has 19 heavy (non-hydrogen) atoms. The fourth-order valence-electron chi connectivity index (χ4n) is 1.58. The monoisotopic (exact) mass is 275 g/mol. The average Bonchev–Trinajstić information content (AvgIpc) is 2.41. The number of hydrogen-bond acceptors (Lipinski definition) is 3. The Balaban J connectivity index is 2.15. The van der Waals surface area contributed by atoms with Crippen molar-refractivity contribution in [1.82, 2.24) is 0 Å². The van der Waals surface area contributed by atoms with E-state index in [-0.39, 0.29) is 11.4 Å². The summed E-state index contributed by atoms with van der Waals surface area (Å²) in [5.74, 6) is -0.329. The van der Waals surface area contributed by atoms with Gasteiger partial charge in [-0.25, -0.2) is 0 Å². The van der Waals surface area contributed by atoms with Gasteiger partial charge in [0.05, 0.1) is 0 Å². The third-order valence-corrected chi connectivity index (χ3v) is 2.80. The molecule has 0 heterocycles. The second kappa shape index (κ2) is 5.88. The van der Waals surface area contributed by atoms with Gasteiger partial charge in [-0.2, -0.15) is 0 Å². The van der Waals surface area contributed by atoms with Gasteiger partial charge in [0.1, 0.15) is 0 Å². The molecule has 0 bridgehead atoms. The van der Waals surface area contributed by atoms with E-state index < -0.39 is 7.12 Å². The fraction of sp³-hybridized carbons (Fsp3) is 0. The van der Waals surface area contributed by atoms with Crippen LogP contribution in [-0.2, 0) is 0 Å². The minimum Gasteiger partial charge on any atom is -0.423 e. The molecule has 2 aromatic rings.